The summed E-state index contributed by atoms with van der Waals surface area (Å²) in [6.45, 7) is 0. The van der Waals surface area contributed by atoms with Gasteiger partial charge in [-0.3, -0.25) is 0 Å². The Morgan fingerprint density at radius 2 is 0.889 bits per heavy atom. The van der Waals surface area contributed by atoms with E-state index in [9.17, 15) is 17.6 Å². The summed E-state index contributed by atoms with van der Waals surface area (Å²) in [6, 6.07) is 6.65. The van der Waals surface area contributed by atoms with Crippen molar-refractivity contribution in [3.63, 3.8) is 0 Å². The van der Waals surface area contributed by atoms with Crippen LogP contribution in [0.2, 0.25) is 0 Å². The molecule has 0 atom stereocenters. The van der Waals surface area contributed by atoms with Gasteiger partial charge in [0.05, 0.1) is 0 Å². The van der Waals surface area contributed by atoms with Gasteiger partial charge in [-0.15, -0.1) is 12.4 Å². The van der Waals surface area contributed by atoms with Gasteiger partial charge in [0.1, 0.15) is 23.3 Å². The van der Waals surface area contributed by atoms with Crippen LogP contribution in [0.15, 0.2) is 36.4 Å². The minimum Gasteiger partial charge on any atom is -0.206 e. The molecule has 0 spiro atoms. The predicted octanol–water partition coefficient (Wildman–Crippen LogP) is 3.29. The maximum Gasteiger partial charge on any atom is 0.133 e. The van der Waals surface area contributed by atoms with Crippen molar-refractivity contribution in [2.24, 2.45) is 0 Å². The van der Waals surface area contributed by atoms with Crippen LogP contribution >= 0.6 is 21.0 Å². The first-order valence-corrected chi connectivity index (χ1v) is 5.74. The Labute approximate surface area is 109 Å². The first-order valence-electron chi connectivity index (χ1n) is 4.74. The van der Waals surface area contributed by atoms with Gasteiger partial charge in [-0.25, -0.2) is 17.6 Å². The Morgan fingerprint density at radius 3 is 1.17 bits per heavy atom. The average molecular weight is 295 g/mol. The molecule has 0 amide bonds. The lowest BCUT2D eigenvalue weighted by atomic mass is 10.3. The van der Waals surface area contributed by atoms with Gasteiger partial charge in [0.2, 0.25) is 0 Å². The van der Waals surface area contributed by atoms with Crippen LogP contribution in [-0.4, -0.2) is 0 Å². The molecule has 0 unspecified atom stereocenters. The van der Waals surface area contributed by atoms with Crippen LogP contribution in [0.5, 0.6) is 0 Å². The van der Waals surface area contributed by atoms with Gasteiger partial charge in [0.15, 0.2) is 0 Å². The summed E-state index contributed by atoms with van der Waals surface area (Å²) < 4.78 is 53.3. The zero-order valence-electron chi connectivity index (χ0n) is 8.88. The van der Waals surface area contributed by atoms with Crippen LogP contribution < -0.4 is 10.6 Å². The molecule has 0 aliphatic carbocycles. The first-order chi connectivity index (χ1) is 8.09. The van der Waals surface area contributed by atoms with Crippen molar-refractivity contribution < 1.29 is 17.6 Å². The highest BCUT2D eigenvalue weighted by atomic mass is 35.5. The van der Waals surface area contributed by atoms with E-state index in [-0.39, 0.29) is 23.0 Å². The molecule has 6 heteroatoms. The monoisotopic (exact) mass is 294 g/mol. The van der Waals surface area contributed by atoms with Crippen molar-refractivity contribution in [1.82, 2.24) is 0 Å². The molecule has 2 aromatic rings. The Hall–Kier alpha value is -1.12. The van der Waals surface area contributed by atoms with E-state index in [4.69, 9.17) is 0 Å². The van der Waals surface area contributed by atoms with Gasteiger partial charge in [0, 0.05) is 10.6 Å². The van der Waals surface area contributed by atoms with Crippen molar-refractivity contribution in [2.75, 3.05) is 0 Å². The second kappa shape index (κ2) is 6.17. The fourth-order valence-corrected chi connectivity index (χ4v) is 2.42. The molecule has 18 heavy (non-hydrogen) atoms. The standard InChI is InChI=1S/C12H7F4P.ClH/c13-7-3-1-4-8(14)11(7)17-12-9(15)5-2-6-10(12)16;/h1-6,17H;1H. The normalized spacial score (nSPS) is 10.0. The van der Waals surface area contributed by atoms with Crippen LogP contribution in [-0.2, 0) is 0 Å². The van der Waals surface area contributed by atoms with E-state index >= 15 is 0 Å². The van der Waals surface area contributed by atoms with E-state index in [0.717, 1.165) is 24.3 Å². The summed E-state index contributed by atoms with van der Waals surface area (Å²) >= 11 is 0. The molecule has 0 N–H and O–H groups in total. The molecule has 0 aliphatic heterocycles. The smallest absolute Gasteiger partial charge is 0.133 e. The zero-order chi connectivity index (χ0) is 12.4. The van der Waals surface area contributed by atoms with E-state index in [2.05, 4.69) is 0 Å². The van der Waals surface area contributed by atoms with Crippen LogP contribution in [0, 0.1) is 23.3 Å². The summed E-state index contributed by atoms with van der Waals surface area (Å²) in [5.41, 5.74) is 0. The average Bonchev–Trinajstić information content (AvgIpc) is 2.27. The van der Waals surface area contributed by atoms with E-state index in [0.29, 0.717) is 0 Å². The highest BCUT2D eigenvalue weighted by molar-refractivity contribution is 7.55. The van der Waals surface area contributed by atoms with Crippen LogP contribution in [0.1, 0.15) is 0 Å². The summed E-state index contributed by atoms with van der Waals surface area (Å²) in [4.78, 5) is 0. The number of hydrogen-bond donors (Lipinski definition) is 0. The highest BCUT2D eigenvalue weighted by Gasteiger charge is 2.14. The number of halogens is 5. The lowest BCUT2D eigenvalue weighted by Gasteiger charge is -2.07. The van der Waals surface area contributed by atoms with E-state index in [1.807, 2.05) is 0 Å². The van der Waals surface area contributed by atoms with Gasteiger partial charge in [-0.05, 0) is 32.8 Å². The lowest BCUT2D eigenvalue weighted by molar-refractivity contribution is 0.595. The van der Waals surface area contributed by atoms with Gasteiger partial charge < -0.3 is 0 Å². The number of benzene rings is 2. The highest BCUT2D eigenvalue weighted by Crippen LogP contribution is 2.19. The fourth-order valence-electron chi connectivity index (χ4n) is 1.36. The number of hydrogen-bond acceptors (Lipinski definition) is 0. The van der Waals surface area contributed by atoms with Gasteiger partial charge in [-0.2, -0.15) is 0 Å². The van der Waals surface area contributed by atoms with E-state index in [1.165, 1.54) is 12.1 Å². The molecule has 0 radical (unpaired) electrons. The van der Waals surface area contributed by atoms with Crippen LogP contribution in [0.25, 0.3) is 0 Å². The molecule has 0 aliphatic rings. The number of rotatable bonds is 2. The molecule has 96 valence electrons. The van der Waals surface area contributed by atoms with Gasteiger partial charge in [-0.1, -0.05) is 12.1 Å². The summed E-state index contributed by atoms with van der Waals surface area (Å²) in [5, 5.41) is -0.618. The topological polar surface area (TPSA) is 0 Å². The SMILES string of the molecule is Cl.Fc1cccc(F)c1Pc1c(F)cccc1F. The third-order valence-electron chi connectivity index (χ3n) is 2.18. The van der Waals surface area contributed by atoms with Gasteiger partial charge >= 0.3 is 0 Å². The largest absolute Gasteiger partial charge is 0.206 e. The van der Waals surface area contributed by atoms with E-state index in [1.54, 1.807) is 0 Å². The van der Waals surface area contributed by atoms with Crippen molar-refractivity contribution in [2.45, 2.75) is 0 Å². The third-order valence-corrected chi connectivity index (χ3v) is 3.63. The quantitative estimate of drug-likeness (QED) is 0.589. The Balaban J connectivity index is 0.00000162. The van der Waals surface area contributed by atoms with Crippen molar-refractivity contribution in [3.05, 3.63) is 59.7 Å². The summed E-state index contributed by atoms with van der Waals surface area (Å²) in [6.07, 6.45) is 0. The molecule has 0 heterocycles. The molecule has 0 nitrogen and oxygen atoms in total. The summed E-state index contributed by atoms with van der Waals surface area (Å²) in [7, 11) is -0.728. The van der Waals surface area contributed by atoms with Crippen molar-refractivity contribution in [3.8, 4) is 0 Å². The molecule has 0 fully saturated rings. The molecular weight excluding hydrogens is 287 g/mol. The molecule has 0 saturated heterocycles. The molecule has 0 saturated carbocycles. The van der Waals surface area contributed by atoms with Crippen LogP contribution in [0.3, 0.4) is 0 Å². The Bertz CT molecular complexity index is 470. The van der Waals surface area contributed by atoms with Gasteiger partial charge in [0.25, 0.3) is 0 Å². The minimum absolute atomic E-state index is 0. The fraction of sp³-hybridized carbons (Fsp3) is 0. The molecule has 2 aromatic carbocycles. The first kappa shape index (κ1) is 14.9. The Morgan fingerprint density at radius 1 is 0.611 bits per heavy atom. The van der Waals surface area contributed by atoms with Crippen molar-refractivity contribution >= 4 is 31.6 Å². The van der Waals surface area contributed by atoms with Crippen molar-refractivity contribution in [1.29, 1.82) is 0 Å². The third kappa shape index (κ3) is 3.01. The lowest BCUT2D eigenvalue weighted by Crippen LogP contribution is -2.16. The van der Waals surface area contributed by atoms with E-state index < -0.39 is 31.8 Å². The summed E-state index contributed by atoms with van der Waals surface area (Å²) in [5.74, 6) is -3.20. The molecular formula is C12H8ClF4P. The Kier molecular flexibility index (Phi) is 5.12. The maximum atomic E-state index is 13.3. The maximum absolute atomic E-state index is 13.3. The second-order valence-electron chi connectivity index (χ2n) is 3.32. The minimum atomic E-state index is -0.800. The predicted molar refractivity (Wildman–Crippen MR) is 67.5 cm³/mol. The molecule has 0 bridgehead atoms. The molecule has 2 rings (SSSR count). The zero-order valence-corrected chi connectivity index (χ0v) is 10.7. The molecule has 0 aromatic heterocycles. The van der Waals surface area contributed by atoms with Crippen LogP contribution in [0.4, 0.5) is 17.6 Å². The second-order valence-corrected chi connectivity index (χ2v) is 4.57.